The third-order valence-corrected chi connectivity index (χ3v) is 5.66. The lowest BCUT2D eigenvalue weighted by molar-refractivity contribution is -0.0658. The van der Waals surface area contributed by atoms with Crippen LogP contribution >= 0.6 is 23.2 Å². The molecular weight excluding hydrogens is 440 g/mol. The molecule has 0 spiro atoms. The molecule has 10 heteroatoms. The second kappa shape index (κ2) is 7.42. The number of fused-ring (bicyclic) bond motifs is 1. The van der Waals surface area contributed by atoms with E-state index in [4.69, 9.17) is 33.7 Å². The van der Waals surface area contributed by atoms with E-state index in [0.717, 1.165) is 5.01 Å². The first-order valence-electron chi connectivity index (χ1n) is 8.74. The quantitative estimate of drug-likeness (QED) is 0.680. The zero-order valence-electron chi connectivity index (χ0n) is 15.1. The average Bonchev–Trinajstić information content (AvgIpc) is 3.08. The highest BCUT2D eigenvalue weighted by Gasteiger charge is 2.58. The molecule has 3 atom stereocenters. The van der Waals surface area contributed by atoms with Crippen molar-refractivity contribution in [3.63, 3.8) is 0 Å². The summed E-state index contributed by atoms with van der Waals surface area (Å²) in [5, 5.41) is 14.9. The van der Waals surface area contributed by atoms with Crippen molar-refractivity contribution < 1.29 is 17.9 Å². The van der Waals surface area contributed by atoms with Crippen LogP contribution in [0, 0.1) is 17.2 Å². The molecule has 2 aliphatic heterocycles. The third kappa shape index (κ3) is 3.24. The maximum atomic E-state index is 14.0. The first-order chi connectivity index (χ1) is 14.2. The van der Waals surface area contributed by atoms with Gasteiger partial charge in [-0.2, -0.15) is 23.5 Å². The molecule has 30 heavy (non-hydrogen) atoms. The van der Waals surface area contributed by atoms with Gasteiger partial charge in [0.25, 0.3) is 0 Å². The predicted octanol–water partition coefficient (Wildman–Crippen LogP) is 5.18. The molecule has 2 aliphatic rings. The molecule has 0 fully saturated rings. The van der Waals surface area contributed by atoms with Gasteiger partial charge < -0.3 is 10.5 Å². The SMILES string of the molecule is N#CC1=C(N)O[C@@H]2[C@H](C(C(F)(F)F)=NN2c2ccccc2)[C@H]1c1c(Cl)cccc1Cl. The molecule has 154 valence electrons. The van der Waals surface area contributed by atoms with E-state index in [0.29, 0.717) is 5.69 Å². The van der Waals surface area contributed by atoms with Crippen LogP contribution in [0.5, 0.6) is 0 Å². The fourth-order valence-corrected chi connectivity index (χ4v) is 4.42. The molecular formula is C20H13Cl2F3N4O. The number of nitriles is 1. The van der Waals surface area contributed by atoms with Crippen molar-refractivity contribution in [2.75, 3.05) is 5.01 Å². The average molecular weight is 453 g/mol. The minimum absolute atomic E-state index is 0.119. The van der Waals surface area contributed by atoms with Gasteiger partial charge in [0, 0.05) is 16.0 Å². The van der Waals surface area contributed by atoms with Gasteiger partial charge in [-0.15, -0.1) is 0 Å². The van der Waals surface area contributed by atoms with Gasteiger partial charge >= 0.3 is 6.18 Å². The Morgan fingerprint density at radius 3 is 2.27 bits per heavy atom. The van der Waals surface area contributed by atoms with Crippen LogP contribution in [0.2, 0.25) is 10.0 Å². The van der Waals surface area contributed by atoms with E-state index in [-0.39, 0.29) is 27.1 Å². The predicted molar refractivity (Wildman–Crippen MR) is 107 cm³/mol. The number of hydrogen-bond donors (Lipinski definition) is 1. The van der Waals surface area contributed by atoms with Crippen molar-refractivity contribution in [1.82, 2.24) is 0 Å². The van der Waals surface area contributed by atoms with Crippen LogP contribution in [0.3, 0.4) is 0 Å². The molecule has 0 saturated carbocycles. The number of allylic oxidation sites excluding steroid dienone is 1. The number of nitrogens with zero attached hydrogens (tertiary/aromatic N) is 3. The number of ether oxygens (including phenoxy) is 1. The van der Waals surface area contributed by atoms with Gasteiger partial charge in [-0.3, -0.25) is 0 Å². The van der Waals surface area contributed by atoms with Crippen molar-refractivity contribution in [3.05, 3.63) is 75.6 Å². The Labute approximate surface area is 179 Å². The Morgan fingerprint density at radius 1 is 1.07 bits per heavy atom. The van der Waals surface area contributed by atoms with E-state index in [1.165, 1.54) is 12.1 Å². The lowest BCUT2D eigenvalue weighted by Crippen LogP contribution is -2.46. The summed E-state index contributed by atoms with van der Waals surface area (Å²) >= 11 is 12.6. The smallest absolute Gasteiger partial charge is 0.431 e. The molecule has 0 unspecified atom stereocenters. The number of para-hydroxylation sites is 1. The van der Waals surface area contributed by atoms with Crippen molar-refractivity contribution in [1.29, 1.82) is 5.26 Å². The number of nitrogens with two attached hydrogens (primary N) is 1. The Bertz CT molecular complexity index is 1080. The number of halogens is 5. The lowest BCUT2D eigenvalue weighted by Gasteiger charge is -2.38. The highest BCUT2D eigenvalue weighted by Crippen LogP contribution is 2.51. The van der Waals surface area contributed by atoms with E-state index in [1.807, 2.05) is 6.07 Å². The molecule has 2 heterocycles. The number of alkyl halides is 3. The molecule has 0 aromatic heterocycles. The third-order valence-electron chi connectivity index (χ3n) is 5.01. The Kier molecular flexibility index (Phi) is 5.04. The standard InChI is InChI=1S/C20H13Cl2F3N4O/c21-12-7-4-8-13(22)15(12)14-11(9-26)18(27)30-19-16(14)17(20(23,24)25)28-29(19)10-5-2-1-3-6-10/h1-8,14,16,19H,27H2/t14-,16+,19-/m1/s1. The van der Waals surface area contributed by atoms with E-state index >= 15 is 0 Å². The fourth-order valence-electron chi connectivity index (χ4n) is 3.79. The number of anilines is 1. The summed E-state index contributed by atoms with van der Waals surface area (Å²) in [5.41, 5.74) is 5.23. The highest BCUT2D eigenvalue weighted by molar-refractivity contribution is 6.36. The van der Waals surface area contributed by atoms with E-state index in [2.05, 4.69) is 5.10 Å². The van der Waals surface area contributed by atoms with Crippen LogP contribution in [0.25, 0.3) is 0 Å². The Morgan fingerprint density at radius 2 is 1.70 bits per heavy atom. The number of hydrazone groups is 1. The maximum absolute atomic E-state index is 14.0. The topological polar surface area (TPSA) is 74.6 Å². The van der Waals surface area contributed by atoms with Crippen molar-refractivity contribution >= 4 is 34.6 Å². The summed E-state index contributed by atoms with van der Waals surface area (Å²) in [6, 6.07) is 14.7. The van der Waals surface area contributed by atoms with Crippen LogP contribution in [0.4, 0.5) is 18.9 Å². The zero-order chi connectivity index (χ0) is 21.6. The van der Waals surface area contributed by atoms with E-state index < -0.39 is 30.0 Å². The molecule has 0 radical (unpaired) electrons. The molecule has 2 aromatic rings. The molecule has 2 N–H and O–H groups in total. The first kappa shape index (κ1) is 20.4. The van der Waals surface area contributed by atoms with Crippen LogP contribution < -0.4 is 10.7 Å². The fraction of sp³-hybridized carbons (Fsp3) is 0.200. The number of rotatable bonds is 2. The minimum Gasteiger partial charge on any atom is -0.452 e. The van der Waals surface area contributed by atoms with Gasteiger partial charge in [-0.05, 0) is 29.8 Å². The lowest BCUT2D eigenvalue weighted by atomic mass is 9.76. The molecule has 0 aliphatic carbocycles. The summed E-state index contributed by atoms with van der Waals surface area (Å²) in [6.45, 7) is 0. The minimum atomic E-state index is -4.78. The summed E-state index contributed by atoms with van der Waals surface area (Å²) < 4.78 is 47.7. The van der Waals surface area contributed by atoms with Crippen LogP contribution in [-0.4, -0.2) is 18.1 Å². The normalized spacial score (nSPS) is 23.5. The van der Waals surface area contributed by atoms with Crippen molar-refractivity contribution in [2.24, 2.45) is 16.8 Å². The van der Waals surface area contributed by atoms with E-state index in [9.17, 15) is 18.4 Å². The molecule has 5 nitrogen and oxygen atoms in total. The second-order valence-corrected chi connectivity index (χ2v) is 7.51. The van der Waals surface area contributed by atoms with Gasteiger partial charge in [0.15, 0.2) is 5.71 Å². The molecule has 0 amide bonds. The summed E-state index contributed by atoms with van der Waals surface area (Å²) in [7, 11) is 0. The largest absolute Gasteiger partial charge is 0.452 e. The van der Waals surface area contributed by atoms with Gasteiger partial charge in [0.1, 0.15) is 6.07 Å². The van der Waals surface area contributed by atoms with Gasteiger partial charge in [0.2, 0.25) is 12.1 Å². The van der Waals surface area contributed by atoms with Gasteiger partial charge in [-0.1, -0.05) is 47.5 Å². The van der Waals surface area contributed by atoms with Crippen molar-refractivity contribution in [3.8, 4) is 6.07 Å². The Hall–Kier alpha value is -2.89. The van der Waals surface area contributed by atoms with Crippen molar-refractivity contribution in [2.45, 2.75) is 18.3 Å². The first-order valence-corrected chi connectivity index (χ1v) is 9.50. The zero-order valence-corrected chi connectivity index (χ0v) is 16.6. The Balaban J connectivity index is 1.96. The number of hydrogen-bond acceptors (Lipinski definition) is 5. The number of benzene rings is 2. The molecule has 2 aromatic carbocycles. The summed E-state index contributed by atoms with van der Waals surface area (Å²) in [6.07, 6.45) is -6.02. The van der Waals surface area contributed by atoms with Gasteiger partial charge in [0.05, 0.1) is 17.2 Å². The maximum Gasteiger partial charge on any atom is 0.431 e. The molecule has 4 rings (SSSR count). The molecule has 0 saturated heterocycles. The second-order valence-electron chi connectivity index (χ2n) is 6.70. The van der Waals surface area contributed by atoms with Crippen LogP contribution in [-0.2, 0) is 4.74 Å². The van der Waals surface area contributed by atoms with Crippen LogP contribution in [0.1, 0.15) is 11.5 Å². The van der Waals surface area contributed by atoms with Gasteiger partial charge in [-0.25, -0.2) is 5.01 Å². The van der Waals surface area contributed by atoms with Crippen LogP contribution in [0.15, 0.2) is 65.1 Å². The molecule has 0 bridgehead atoms. The monoisotopic (exact) mass is 452 g/mol. The highest BCUT2D eigenvalue weighted by atomic mass is 35.5. The van der Waals surface area contributed by atoms with E-state index in [1.54, 1.807) is 36.4 Å². The summed E-state index contributed by atoms with van der Waals surface area (Å²) in [4.78, 5) is 0. The summed E-state index contributed by atoms with van der Waals surface area (Å²) in [5.74, 6) is -2.90.